The van der Waals surface area contributed by atoms with Gasteiger partial charge < -0.3 is 5.32 Å². The lowest BCUT2D eigenvalue weighted by atomic mass is 10.3. The Labute approximate surface area is 125 Å². The topological polar surface area (TPSA) is 55.6 Å². The van der Waals surface area contributed by atoms with Crippen LogP contribution < -0.4 is 5.32 Å². The third kappa shape index (κ3) is 3.17. The Balaban J connectivity index is 1.79. The molecule has 1 heterocycles. The molecule has 0 atom stereocenters. The van der Waals surface area contributed by atoms with Crippen LogP contribution in [0, 0.1) is 5.82 Å². The van der Waals surface area contributed by atoms with Crippen molar-refractivity contribution in [2.24, 2.45) is 0 Å². The molecule has 0 unspecified atom stereocenters. The van der Waals surface area contributed by atoms with Crippen LogP contribution in [0.2, 0.25) is 5.02 Å². The van der Waals surface area contributed by atoms with E-state index in [0.717, 1.165) is 5.69 Å². The van der Waals surface area contributed by atoms with Gasteiger partial charge in [0, 0.05) is 10.7 Å². The summed E-state index contributed by atoms with van der Waals surface area (Å²) in [6.07, 6.45) is 0. The zero-order chi connectivity index (χ0) is 14.7. The van der Waals surface area contributed by atoms with Crippen LogP contribution in [0.15, 0.2) is 48.5 Å². The number of halogens is 2. The number of rotatable bonds is 4. The van der Waals surface area contributed by atoms with E-state index in [1.165, 1.54) is 12.1 Å². The fourth-order valence-electron chi connectivity index (χ4n) is 1.92. The first-order chi connectivity index (χ1) is 10.2. The molecule has 0 aliphatic rings. The second kappa shape index (κ2) is 5.88. The van der Waals surface area contributed by atoms with Crippen LogP contribution >= 0.6 is 11.6 Å². The highest BCUT2D eigenvalue weighted by atomic mass is 35.5. The van der Waals surface area contributed by atoms with Crippen LogP contribution in [0.3, 0.4) is 0 Å². The minimum absolute atomic E-state index is 0.333. The summed E-state index contributed by atoms with van der Waals surface area (Å²) in [5.41, 5.74) is 1.43. The lowest BCUT2D eigenvalue weighted by Crippen LogP contribution is -2.08. The Morgan fingerprint density at radius 3 is 2.71 bits per heavy atom. The SMILES string of the molecule is Fc1cc(Cl)cc(NCc2nnnn2-c2ccccc2)c1. The maximum atomic E-state index is 13.3. The molecule has 2 aromatic carbocycles. The van der Waals surface area contributed by atoms with E-state index in [1.54, 1.807) is 10.7 Å². The predicted molar refractivity (Wildman–Crippen MR) is 77.9 cm³/mol. The Morgan fingerprint density at radius 1 is 1.14 bits per heavy atom. The van der Waals surface area contributed by atoms with Gasteiger partial charge in [0.1, 0.15) is 5.82 Å². The zero-order valence-corrected chi connectivity index (χ0v) is 11.6. The Hall–Kier alpha value is -2.47. The number of hydrogen-bond donors (Lipinski definition) is 1. The number of anilines is 1. The Morgan fingerprint density at radius 2 is 1.95 bits per heavy atom. The highest BCUT2D eigenvalue weighted by Crippen LogP contribution is 2.18. The zero-order valence-electron chi connectivity index (χ0n) is 10.9. The highest BCUT2D eigenvalue weighted by Gasteiger charge is 2.08. The Kier molecular flexibility index (Phi) is 3.79. The van der Waals surface area contributed by atoms with Crippen LogP contribution in [-0.4, -0.2) is 20.2 Å². The van der Waals surface area contributed by atoms with Gasteiger partial charge in [-0.05, 0) is 40.8 Å². The second-order valence-corrected chi connectivity index (χ2v) is 4.79. The molecule has 3 aromatic rings. The molecule has 3 rings (SSSR count). The quantitative estimate of drug-likeness (QED) is 0.805. The number of nitrogens with zero attached hydrogens (tertiary/aromatic N) is 4. The number of benzene rings is 2. The van der Waals surface area contributed by atoms with Gasteiger partial charge in [0.05, 0.1) is 12.2 Å². The molecule has 0 radical (unpaired) electrons. The molecular weight excluding hydrogens is 293 g/mol. The molecule has 0 spiro atoms. The van der Waals surface area contributed by atoms with Crippen molar-refractivity contribution in [2.45, 2.75) is 6.54 Å². The van der Waals surface area contributed by atoms with Crippen LogP contribution in [0.4, 0.5) is 10.1 Å². The number of tetrazole rings is 1. The normalized spacial score (nSPS) is 10.6. The predicted octanol–water partition coefficient (Wildman–Crippen LogP) is 3.07. The minimum Gasteiger partial charge on any atom is -0.378 e. The number of nitrogens with one attached hydrogen (secondary N) is 1. The van der Waals surface area contributed by atoms with Crippen molar-refractivity contribution in [3.05, 3.63) is 65.2 Å². The fraction of sp³-hybridized carbons (Fsp3) is 0.0714. The van der Waals surface area contributed by atoms with E-state index in [0.29, 0.717) is 23.1 Å². The number of aromatic nitrogens is 4. The minimum atomic E-state index is -0.396. The molecular formula is C14H11ClFN5. The second-order valence-electron chi connectivity index (χ2n) is 4.35. The molecule has 1 aromatic heterocycles. The summed E-state index contributed by atoms with van der Waals surface area (Å²) < 4.78 is 14.9. The van der Waals surface area contributed by atoms with Gasteiger partial charge in [0.2, 0.25) is 0 Å². The molecule has 106 valence electrons. The van der Waals surface area contributed by atoms with Crippen molar-refractivity contribution in [1.29, 1.82) is 0 Å². The largest absolute Gasteiger partial charge is 0.378 e. The summed E-state index contributed by atoms with van der Waals surface area (Å²) in [4.78, 5) is 0. The third-order valence-electron chi connectivity index (χ3n) is 2.85. The molecule has 1 N–H and O–H groups in total. The van der Waals surface area contributed by atoms with Crippen LogP contribution in [0.5, 0.6) is 0 Å². The molecule has 7 heteroatoms. The summed E-state index contributed by atoms with van der Waals surface area (Å²) in [7, 11) is 0. The molecule has 0 saturated heterocycles. The summed E-state index contributed by atoms with van der Waals surface area (Å²) in [5, 5.41) is 15.0. The number of para-hydroxylation sites is 1. The summed E-state index contributed by atoms with van der Waals surface area (Å²) in [5.74, 6) is 0.217. The molecule has 21 heavy (non-hydrogen) atoms. The van der Waals surface area contributed by atoms with E-state index in [-0.39, 0.29) is 0 Å². The number of hydrogen-bond acceptors (Lipinski definition) is 4. The van der Waals surface area contributed by atoms with Crippen molar-refractivity contribution < 1.29 is 4.39 Å². The van der Waals surface area contributed by atoms with E-state index < -0.39 is 5.82 Å². The van der Waals surface area contributed by atoms with Crippen molar-refractivity contribution in [2.75, 3.05) is 5.32 Å². The molecule has 0 saturated carbocycles. The summed E-state index contributed by atoms with van der Waals surface area (Å²) in [6, 6.07) is 13.8. The van der Waals surface area contributed by atoms with E-state index in [2.05, 4.69) is 20.8 Å². The smallest absolute Gasteiger partial charge is 0.175 e. The van der Waals surface area contributed by atoms with Gasteiger partial charge in [-0.2, -0.15) is 4.68 Å². The third-order valence-corrected chi connectivity index (χ3v) is 3.07. The molecule has 5 nitrogen and oxygen atoms in total. The molecule has 0 aliphatic heterocycles. The van der Waals surface area contributed by atoms with E-state index >= 15 is 0 Å². The first kappa shape index (κ1) is 13.5. The molecule has 0 bridgehead atoms. The molecule has 0 fully saturated rings. The average molecular weight is 304 g/mol. The van der Waals surface area contributed by atoms with Gasteiger partial charge in [-0.25, -0.2) is 4.39 Å². The molecule has 0 amide bonds. The average Bonchev–Trinajstić information content (AvgIpc) is 2.93. The van der Waals surface area contributed by atoms with E-state index in [1.807, 2.05) is 30.3 Å². The van der Waals surface area contributed by atoms with Crippen LogP contribution in [-0.2, 0) is 6.54 Å². The fourth-order valence-corrected chi connectivity index (χ4v) is 2.14. The standard InChI is InChI=1S/C14H11ClFN5/c15-10-6-11(16)8-12(7-10)17-9-14-18-19-20-21(14)13-4-2-1-3-5-13/h1-8,17H,9H2. The van der Waals surface area contributed by atoms with Gasteiger partial charge >= 0.3 is 0 Å². The summed E-state index contributed by atoms with van der Waals surface area (Å²) >= 11 is 5.81. The van der Waals surface area contributed by atoms with Crippen LogP contribution in [0.25, 0.3) is 5.69 Å². The van der Waals surface area contributed by atoms with Crippen molar-refractivity contribution >= 4 is 17.3 Å². The maximum Gasteiger partial charge on any atom is 0.175 e. The van der Waals surface area contributed by atoms with Gasteiger partial charge in [0.25, 0.3) is 0 Å². The highest BCUT2D eigenvalue weighted by molar-refractivity contribution is 6.30. The van der Waals surface area contributed by atoms with E-state index in [4.69, 9.17) is 11.6 Å². The monoisotopic (exact) mass is 303 g/mol. The molecule has 0 aliphatic carbocycles. The van der Waals surface area contributed by atoms with Gasteiger partial charge in [-0.1, -0.05) is 29.8 Å². The lowest BCUT2D eigenvalue weighted by Gasteiger charge is -2.07. The van der Waals surface area contributed by atoms with Crippen molar-refractivity contribution in [1.82, 2.24) is 20.2 Å². The first-order valence-corrected chi connectivity index (χ1v) is 6.63. The lowest BCUT2D eigenvalue weighted by molar-refractivity contribution is 0.628. The van der Waals surface area contributed by atoms with Gasteiger partial charge in [0.15, 0.2) is 5.82 Å². The van der Waals surface area contributed by atoms with Gasteiger partial charge in [-0.3, -0.25) is 0 Å². The maximum absolute atomic E-state index is 13.3. The first-order valence-electron chi connectivity index (χ1n) is 6.25. The Bertz CT molecular complexity index is 724. The van der Waals surface area contributed by atoms with Crippen molar-refractivity contribution in [3.8, 4) is 5.69 Å². The van der Waals surface area contributed by atoms with Crippen molar-refractivity contribution in [3.63, 3.8) is 0 Å². The van der Waals surface area contributed by atoms with Gasteiger partial charge in [-0.15, -0.1) is 5.10 Å². The summed E-state index contributed by atoms with van der Waals surface area (Å²) in [6.45, 7) is 0.349. The van der Waals surface area contributed by atoms with E-state index in [9.17, 15) is 4.39 Å². The van der Waals surface area contributed by atoms with Crippen LogP contribution in [0.1, 0.15) is 5.82 Å².